The summed E-state index contributed by atoms with van der Waals surface area (Å²) < 4.78 is 0. The highest BCUT2D eigenvalue weighted by Crippen LogP contribution is 2.02. The Hall–Kier alpha value is -0.160. The molecule has 3 N–H and O–H groups in total. The van der Waals surface area contributed by atoms with Crippen LogP contribution in [0.4, 0.5) is 0 Å². The third-order valence-corrected chi connectivity index (χ3v) is 2.38. The number of aliphatic hydroxyl groups excluding tert-OH is 2. The number of likely N-dealkylation sites (N-methyl/N-ethyl adjacent to an activating group) is 1. The summed E-state index contributed by atoms with van der Waals surface area (Å²) in [6, 6.07) is 0. The zero-order valence-corrected chi connectivity index (χ0v) is 10.2. The molecule has 1 atom stereocenters. The molecule has 92 valence electrons. The molecule has 0 saturated heterocycles. The van der Waals surface area contributed by atoms with Crippen LogP contribution in [-0.4, -0.2) is 61.1 Å². The normalized spacial score (nSPS) is 13.8. The Kier molecular flexibility index (Phi) is 9.00. The summed E-state index contributed by atoms with van der Waals surface area (Å²) in [7, 11) is 1.92. The van der Waals surface area contributed by atoms with Crippen molar-refractivity contribution in [1.29, 1.82) is 0 Å². The average Bonchev–Trinajstić information content (AvgIpc) is 2.21. The van der Waals surface area contributed by atoms with E-state index in [1.807, 2.05) is 7.05 Å². The maximum Gasteiger partial charge on any atom is 0.0897 e. The van der Waals surface area contributed by atoms with Crippen LogP contribution in [0, 0.1) is 5.92 Å². The van der Waals surface area contributed by atoms with Gasteiger partial charge in [-0.15, -0.1) is 0 Å². The van der Waals surface area contributed by atoms with Crippen molar-refractivity contribution < 1.29 is 10.2 Å². The lowest BCUT2D eigenvalue weighted by molar-refractivity contribution is 0.0581. The first-order chi connectivity index (χ1) is 7.10. The van der Waals surface area contributed by atoms with Crippen molar-refractivity contribution in [3.63, 3.8) is 0 Å². The molecule has 0 aromatic rings. The van der Waals surface area contributed by atoms with E-state index in [0.717, 1.165) is 26.1 Å². The molecule has 0 aliphatic heterocycles. The molecule has 1 unspecified atom stereocenters. The SMILES string of the molecule is CNCCN(CCC(C)C)CC(O)CO. The van der Waals surface area contributed by atoms with E-state index >= 15 is 0 Å². The third kappa shape index (κ3) is 8.81. The first-order valence-corrected chi connectivity index (χ1v) is 5.76. The van der Waals surface area contributed by atoms with Crippen molar-refractivity contribution in [3.05, 3.63) is 0 Å². The van der Waals surface area contributed by atoms with Crippen LogP contribution < -0.4 is 5.32 Å². The number of rotatable bonds is 9. The van der Waals surface area contributed by atoms with E-state index in [1.54, 1.807) is 0 Å². The van der Waals surface area contributed by atoms with Gasteiger partial charge in [-0.2, -0.15) is 0 Å². The predicted molar refractivity (Wildman–Crippen MR) is 62.9 cm³/mol. The van der Waals surface area contributed by atoms with Gasteiger partial charge in [-0.05, 0) is 25.9 Å². The lowest BCUT2D eigenvalue weighted by Gasteiger charge is -2.25. The van der Waals surface area contributed by atoms with Crippen LogP contribution in [0.5, 0.6) is 0 Å². The maximum atomic E-state index is 9.38. The Bertz CT molecular complexity index is 143. The lowest BCUT2D eigenvalue weighted by Crippen LogP contribution is -2.39. The van der Waals surface area contributed by atoms with Crippen LogP contribution in [0.1, 0.15) is 20.3 Å². The molecule has 4 nitrogen and oxygen atoms in total. The summed E-state index contributed by atoms with van der Waals surface area (Å²) in [6.07, 6.45) is 0.510. The molecule has 0 spiro atoms. The molecule has 0 radical (unpaired) electrons. The van der Waals surface area contributed by atoms with E-state index < -0.39 is 6.10 Å². The van der Waals surface area contributed by atoms with Gasteiger partial charge in [0.2, 0.25) is 0 Å². The van der Waals surface area contributed by atoms with Gasteiger partial charge in [-0.3, -0.25) is 4.90 Å². The highest BCUT2D eigenvalue weighted by Gasteiger charge is 2.10. The number of nitrogens with zero attached hydrogens (tertiary/aromatic N) is 1. The van der Waals surface area contributed by atoms with Gasteiger partial charge in [0.25, 0.3) is 0 Å². The van der Waals surface area contributed by atoms with E-state index in [4.69, 9.17) is 5.11 Å². The summed E-state index contributed by atoms with van der Waals surface area (Å²) in [5.74, 6) is 0.674. The van der Waals surface area contributed by atoms with Gasteiger partial charge in [0.15, 0.2) is 0 Å². The van der Waals surface area contributed by atoms with E-state index in [-0.39, 0.29) is 6.61 Å². The Morgan fingerprint density at radius 3 is 2.40 bits per heavy atom. The second-order valence-corrected chi connectivity index (χ2v) is 4.42. The van der Waals surface area contributed by atoms with Crippen LogP contribution in [0.2, 0.25) is 0 Å². The quantitative estimate of drug-likeness (QED) is 0.506. The van der Waals surface area contributed by atoms with Crippen LogP contribution in [0.15, 0.2) is 0 Å². The van der Waals surface area contributed by atoms with Gasteiger partial charge in [0.05, 0.1) is 12.7 Å². The zero-order chi connectivity index (χ0) is 11.7. The number of aliphatic hydroxyl groups is 2. The summed E-state index contributed by atoms with van der Waals surface area (Å²) in [6.45, 7) is 7.60. The average molecular weight is 218 g/mol. The Labute approximate surface area is 93.3 Å². The Balaban J connectivity index is 3.83. The molecular weight excluding hydrogens is 192 g/mol. The van der Waals surface area contributed by atoms with Crippen molar-refractivity contribution in [2.24, 2.45) is 5.92 Å². The molecule has 0 aromatic carbocycles. The highest BCUT2D eigenvalue weighted by molar-refractivity contribution is 4.65. The standard InChI is InChI=1S/C11H26N2O2/c1-10(2)4-6-13(7-5-12-3)8-11(15)9-14/h10-12,14-15H,4-9H2,1-3H3. The molecular formula is C11H26N2O2. The van der Waals surface area contributed by atoms with Crippen molar-refractivity contribution in [1.82, 2.24) is 10.2 Å². The van der Waals surface area contributed by atoms with E-state index in [1.165, 1.54) is 0 Å². The predicted octanol–water partition coefficient (Wildman–Crippen LogP) is -0.0929. The molecule has 0 amide bonds. The minimum atomic E-state index is -0.617. The molecule has 0 aliphatic rings. The molecule has 0 rings (SSSR count). The molecule has 0 saturated carbocycles. The third-order valence-electron chi connectivity index (χ3n) is 2.38. The molecule has 15 heavy (non-hydrogen) atoms. The monoisotopic (exact) mass is 218 g/mol. The maximum absolute atomic E-state index is 9.38. The van der Waals surface area contributed by atoms with Gasteiger partial charge in [-0.25, -0.2) is 0 Å². The van der Waals surface area contributed by atoms with Gasteiger partial charge < -0.3 is 15.5 Å². The minimum absolute atomic E-state index is 0.155. The van der Waals surface area contributed by atoms with Crippen LogP contribution in [0.3, 0.4) is 0 Å². The molecule has 0 heterocycles. The largest absolute Gasteiger partial charge is 0.394 e. The smallest absolute Gasteiger partial charge is 0.0897 e. The van der Waals surface area contributed by atoms with Crippen molar-refractivity contribution in [2.75, 3.05) is 39.8 Å². The Morgan fingerprint density at radius 1 is 1.27 bits per heavy atom. The van der Waals surface area contributed by atoms with Crippen molar-refractivity contribution in [2.45, 2.75) is 26.4 Å². The molecule has 0 bridgehead atoms. The van der Waals surface area contributed by atoms with Crippen molar-refractivity contribution in [3.8, 4) is 0 Å². The summed E-state index contributed by atoms with van der Waals surface area (Å²) in [4.78, 5) is 2.19. The summed E-state index contributed by atoms with van der Waals surface area (Å²) >= 11 is 0. The topological polar surface area (TPSA) is 55.7 Å². The zero-order valence-electron chi connectivity index (χ0n) is 10.2. The van der Waals surface area contributed by atoms with Gasteiger partial charge in [0, 0.05) is 19.6 Å². The second kappa shape index (κ2) is 9.09. The van der Waals surface area contributed by atoms with Gasteiger partial charge >= 0.3 is 0 Å². The fourth-order valence-corrected chi connectivity index (χ4v) is 1.36. The highest BCUT2D eigenvalue weighted by atomic mass is 16.3. The van der Waals surface area contributed by atoms with Gasteiger partial charge in [0.1, 0.15) is 0 Å². The number of nitrogens with one attached hydrogen (secondary N) is 1. The van der Waals surface area contributed by atoms with Crippen LogP contribution in [0.25, 0.3) is 0 Å². The Morgan fingerprint density at radius 2 is 1.93 bits per heavy atom. The fraction of sp³-hybridized carbons (Fsp3) is 1.00. The molecule has 4 heteroatoms. The fourth-order valence-electron chi connectivity index (χ4n) is 1.36. The second-order valence-electron chi connectivity index (χ2n) is 4.42. The van der Waals surface area contributed by atoms with Crippen LogP contribution in [-0.2, 0) is 0 Å². The first kappa shape index (κ1) is 14.8. The van der Waals surface area contributed by atoms with Gasteiger partial charge in [-0.1, -0.05) is 13.8 Å². The molecule has 0 aliphatic carbocycles. The van der Waals surface area contributed by atoms with Crippen LogP contribution >= 0.6 is 0 Å². The van der Waals surface area contributed by atoms with Crippen molar-refractivity contribution >= 4 is 0 Å². The van der Waals surface area contributed by atoms with E-state index in [2.05, 4.69) is 24.1 Å². The number of hydrogen-bond acceptors (Lipinski definition) is 4. The minimum Gasteiger partial charge on any atom is -0.394 e. The molecule has 0 fully saturated rings. The summed E-state index contributed by atoms with van der Waals surface area (Å²) in [5.41, 5.74) is 0. The first-order valence-electron chi connectivity index (χ1n) is 5.76. The molecule has 0 aromatic heterocycles. The van der Waals surface area contributed by atoms with E-state index in [9.17, 15) is 5.11 Å². The summed E-state index contributed by atoms with van der Waals surface area (Å²) in [5, 5.41) is 21.3. The lowest BCUT2D eigenvalue weighted by atomic mass is 10.1. The van der Waals surface area contributed by atoms with E-state index in [0.29, 0.717) is 12.5 Å². The number of hydrogen-bond donors (Lipinski definition) is 3.